The third-order valence-corrected chi connectivity index (χ3v) is 2.88. The summed E-state index contributed by atoms with van der Waals surface area (Å²) in [6.07, 6.45) is -0.646. The van der Waals surface area contributed by atoms with Crippen LogP contribution in [-0.4, -0.2) is 24.8 Å². The molecule has 0 aromatic heterocycles. The standard InChI is InChI=1S/C16H18FNO2/c17-14-8-6-13(7-9-14)16(19)12-18-10-11-20-15-4-2-1-3-5-15/h1-9,16,18-19H,10-12H2. The maximum Gasteiger partial charge on any atom is 0.123 e. The molecule has 0 amide bonds. The minimum Gasteiger partial charge on any atom is -0.492 e. The molecule has 106 valence electrons. The Bertz CT molecular complexity index is 502. The number of rotatable bonds is 7. The van der Waals surface area contributed by atoms with E-state index in [0.717, 1.165) is 5.75 Å². The molecule has 1 atom stereocenters. The van der Waals surface area contributed by atoms with Gasteiger partial charge >= 0.3 is 0 Å². The highest BCUT2D eigenvalue weighted by molar-refractivity contribution is 5.21. The van der Waals surface area contributed by atoms with E-state index in [2.05, 4.69) is 5.32 Å². The number of aliphatic hydroxyl groups excluding tert-OH is 1. The molecule has 0 aliphatic rings. The van der Waals surface area contributed by atoms with Crippen molar-refractivity contribution < 1.29 is 14.2 Å². The first kappa shape index (κ1) is 14.5. The average molecular weight is 275 g/mol. The topological polar surface area (TPSA) is 41.5 Å². The Labute approximate surface area is 118 Å². The second-order valence-corrected chi connectivity index (χ2v) is 4.43. The Balaban J connectivity index is 1.64. The van der Waals surface area contributed by atoms with Gasteiger partial charge in [0.15, 0.2) is 0 Å². The fourth-order valence-electron chi connectivity index (χ4n) is 1.80. The van der Waals surface area contributed by atoms with Crippen LogP contribution in [0.2, 0.25) is 0 Å². The molecular formula is C16H18FNO2. The van der Waals surface area contributed by atoms with Crippen molar-refractivity contribution in [2.45, 2.75) is 6.10 Å². The second kappa shape index (κ2) is 7.62. The zero-order valence-electron chi connectivity index (χ0n) is 11.1. The number of ether oxygens (including phenoxy) is 1. The van der Waals surface area contributed by atoms with Gasteiger partial charge in [-0.05, 0) is 29.8 Å². The summed E-state index contributed by atoms with van der Waals surface area (Å²) in [6, 6.07) is 15.4. The zero-order valence-corrected chi connectivity index (χ0v) is 11.1. The quantitative estimate of drug-likeness (QED) is 0.763. The van der Waals surface area contributed by atoms with Gasteiger partial charge < -0.3 is 15.2 Å². The highest BCUT2D eigenvalue weighted by Crippen LogP contribution is 2.12. The van der Waals surface area contributed by atoms with Crippen LogP contribution in [0.1, 0.15) is 11.7 Å². The normalized spacial score (nSPS) is 12.1. The van der Waals surface area contributed by atoms with Crippen LogP contribution in [0, 0.1) is 5.82 Å². The molecule has 0 fully saturated rings. The Morgan fingerprint density at radius 2 is 1.75 bits per heavy atom. The van der Waals surface area contributed by atoms with Crippen molar-refractivity contribution in [1.29, 1.82) is 0 Å². The summed E-state index contributed by atoms with van der Waals surface area (Å²) in [5, 5.41) is 13.0. The van der Waals surface area contributed by atoms with E-state index in [1.54, 1.807) is 12.1 Å². The van der Waals surface area contributed by atoms with Crippen LogP contribution < -0.4 is 10.1 Å². The van der Waals surface area contributed by atoms with Crippen LogP contribution in [0.15, 0.2) is 54.6 Å². The number of hydrogen-bond donors (Lipinski definition) is 2. The van der Waals surface area contributed by atoms with Crippen molar-refractivity contribution in [3.63, 3.8) is 0 Å². The summed E-state index contributed by atoms with van der Waals surface area (Å²) in [7, 11) is 0. The van der Waals surface area contributed by atoms with Gasteiger partial charge in [-0.1, -0.05) is 30.3 Å². The molecule has 0 bridgehead atoms. The summed E-state index contributed by atoms with van der Waals surface area (Å²) in [5.74, 6) is 0.526. The van der Waals surface area contributed by atoms with Gasteiger partial charge in [-0.3, -0.25) is 0 Å². The summed E-state index contributed by atoms with van der Waals surface area (Å²) in [4.78, 5) is 0. The molecular weight excluding hydrogens is 257 g/mol. The van der Waals surface area contributed by atoms with E-state index in [4.69, 9.17) is 4.74 Å². The molecule has 0 spiro atoms. The lowest BCUT2D eigenvalue weighted by atomic mass is 10.1. The van der Waals surface area contributed by atoms with Crippen molar-refractivity contribution in [3.8, 4) is 5.75 Å². The SMILES string of the molecule is OC(CNCCOc1ccccc1)c1ccc(F)cc1. The molecule has 4 heteroatoms. The van der Waals surface area contributed by atoms with Gasteiger partial charge in [0, 0.05) is 13.1 Å². The molecule has 0 radical (unpaired) electrons. The Morgan fingerprint density at radius 1 is 1.05 bits per heavy atom. The second-order valence-electron chi connectivity index (χ2n) is 4.43. The van der Waals surface area contributed by atoms with Crippen molar-refractivity contribution in [2.24, 2.45) is 0 Å². The third kappa shape index (κ3) is 4.64. The predicted molar refractivity (Wildman–Crippen MR) is 76.2 cm³/mol. The number of hydrogen-bond acceptors (Lipinski definition) is 3. The summed E-state index contributed by atoms with van der Waals surface area (Å²) in [6.45, 7) is 1.57. The maximum absolute atomic E-state index is 12.7. The van der Waals surface area contributed by atoms with Crippen LogP contribution in [-0.2, 0) is 0 Å². The first-order valence-corrected chi connectivity index (χ1v) is 6.58. The first-order chi connectivity index (χ1) is 9.75. The predicted octanol–water partition coefficient (Wildman–Crippen LogP) is 2.53. The van der Waals surface area contributed by atoms with E-state index in [-0.39, 0.29) is 5.82 Å². The average Bonchev–Trinajstić information content (AvgIpc) is 2.48. The van der Waals surface area contributed by atoms with Crippen molar-refractivity contribution in [3.05, 3.63) is 66.0 Å². The van der Waals surface area contributed by atoms with Crippen LogP contribution in [0.3, 0.4) is 0 Å². The molecule has 0 aliphatic heterocycles. The number of para-hydroxylation sites is 1. The number of halogens is 1. The molecule has 3 nitrogen and oxygen atoms in total. The van der Waals surface area contributed by atoms with Crippen molar-refractivity contribution >= 4 is 0 Å². The minimum atomic E-state index is -0.646. The van der Waals surface area contributed by atoms with Crippen LogP contribution in [0.4, 0.5) is 4.39 Å². The van der Waals surface area contributed by atoms with Gasteiger partial charge in [-0.25, -0.2) is 4.39 Å². The first-order valence-electron chi connectivity index (χ1n) is 6.58. The summed E-state index contributed by atoms with van der Waals surface area (Å²) >= 11 is 0. The fraction of sp³-hybridized carbons (Fsp3) is 0.250. The highest BCUT2D eigenvalue weighted by Gasteiger charge is 2.06. The molecule has 0 saturated heterocycles. The molecule has 1 unspecified atom stereocenters. The lowest BCUT2D eigenvalue weighted by Crippen LogP contribution is -2.26. The molecule has 0 heterocycles. The van der Waals surface area contributed by atoms with Gasteiger partial charge in [0.2, 0.25) is 0 Å². The molecule has 2 N–H and O–H groups in total. The van der Waals surface area contributed by atoms with Gasteiger partial charge in [-0.2, -0.15) is 0 Å². The Hall–Kier alpha value is -1.91. The molecule has 2 aromatic rings. The monoisotopic (exact) mass is 275 g/mol. The number of benzene rings is 2. The van der Waals surface area contributed by atoms with Crippen molar-refractivity contribution in [1.82, 2.24) is 5.32 Å². The molecule has 0 aliphatic carbocycles. The van der Waals surface area contributed by atoms with Gasteiger partial charge in [0.05, 0.1) is 6.10 Å². The van der Waals surface area contributed by atoms with E-state index >= 15 is 0 Å². The minimum absolute atomic E-state index is 0.301. The Kier molecular flexibility index (Phi) is 5.53. The lowest BCUT2D eigenvalue weighted by Gasteiger charge is -2.12. The van der Waals surface area contributed by atoms with Gasteiger partial charge in [0.1, 0.15) is 18.2 Å². The molecule has 2 aromatic carbocycles. The summed E-state index contributed by atoms with van der Waals surface area (Å²) < 4.78 is 18.3. The van der Waals surface area contributed by atoms with Gasteiger partial charge in [-0.15, -0.1) is 0 Å². The highest BCUT2D eigenvalue weighted by atomic mass is 19.1. The lowest BCUT2D eigenvalue weighted by molar-refractivity contribution is 0.172. The van der Waals surface area contributed by atoms with Crippen LogP contribution in [0.5, 0.6) is 5.75 Å². The Morgan fingerprint density at radius 3 is 2.45 bits per heavy atom. The van der Waals surface area contributed by atoms with Crippen molar-refractivity contribution in [2.75, 3.05) is 19.7 Å². The third-order valence-electron chi connectivity index (χ3n) is 2.88. The molecule has 2 rings (SSSR count). The zero-order chi connectivity index (χ0) is 14.2. The van der Waals surface area contributed by atoms with E-state index < -0.39 is 6.10 Å². The largest absolute Gasteiger partial charge is 0.492 e. The molecule has 20 heavy (non-hydrogen) atoms. The van der Waals surface area contributed by atoms with Crippen LogP contribution >= 0.6 is 0 Å². The number of nitrogens with one attached hydrogen (secondary N) is 1. The van der Waals surface area contributed by atoms with E-state index in [1.165, 1.54) is 12.1 Å². The smallest absolute Gasteiger partial charge is 0.123 e. The van der Waals surface area contributed by atoms with E-state index in [1.807, 2.05) is 30.3 Å². The maximum atomic E-state index is 12.7. The van der Waals surface area contributed by atoms with E-state index in [9.17, 15) is 9.50 Å². The molecule has 0 saturated carbocycles. The fourth-order valence-corrected chi connectivity index (χ4v) is 1.80. The van der Waals surface area contributed by atoms with Crippen LogP contribution in [0.25, 0.3) is 0 Å². The number of aliphatic hydroxyl groups is 1. The summed E-state index contributed by atoms with van der Waals surface area (Å²) in [5.41, 5.74) is 0.697. The van der Waals surface area contributed by atoms with E-state index in [0.29, 0.717) is 25.3 Å². The van der Waals surface area contributed by atoms with Gasteiger partial charge in [0.25, 0.3) is 0 Å².